The minimum atomic E-state index is -0.190. The van der Waals surface area contributed by atoms with Crippen LogP contribution < -0.4 is 20.9 Å². The van der Waals surface area contributed by atoms with Crippen LogP contribution in [0.5, 0.6) is 5.88 Å². The van der Waals surface area contributed by atoms with Gasteiger partial charge in [0.2, 0.25) is 0 Å². The normalized spacial score (nSPS) is 10.5. The Labute approximate surface area is 126 Å². The van der Waals surface area contributed by atoms with Crippen molar-refractivity contribution in [1.29, 1.82) is 0 Å². The highest BCUT2D eigenvalue weighted by Crippen LogP contribution is 2.12. The van der Waals surface area contributed by atoms with Gasteiger partial charge in [0, 0.05) is 0 Å². The van der Waals surface area contributed by atoms with Crippen LogP contribution in [-0.2, 0) is 0 Å². The van der Waals surface area contributed by atoms with Gasteiger partial charge >= 0.3 is 5.95 Å². The van der Waals surface area contributed by atoms with Crippen molar-refractivity contribution >= 4 is 11.8 Å². The highest BCUT2D eigenvalue weighted by atomic mass is 16.5. The standard InChI is InChI=1S/C15H26N4O2/c1-2-3-4-5-6-7-8-9-10-11-21-14-12-13(16)19(20)15(17)18-14/h2,12H,1,3-11,16H2,(H2,17,18). The van der Waals surface area contributed by atoms with Crippen LogP contribution in [0.2, 0.25) is 0 Å². The molecule has 0 saturated heterocycles. The van der Waals surface area contributed by atoms with Crippen LogP contribution in [0.3, 0.4) is 0 Å². The van der Waals surface area contributed by atoms with Crippen molar-refractivity contribution in [2.45, 2.75) is 51.4 Å². The summed E-state index contributed by atoms with van der Waals surface area (Å²) in [6.07, 6.45) is 11.5. The fourth-order valence-electron chi connectivity index (χ4n) is 2.03. The molecule has 0 unspecified atom stereocenters. The molecule has 0 saturated carbocycles. The second kappa shape index (κ2) is 9.85. The highest BCUT2D eigenvalue weighted by molar-refractivity contribution is 5.31. The SMILES string of the molecule is C=CCCCCCCCCCOc1cc(N)[n+]([O-])c(N)n1. The van der Waals surface area contributed by atoms with Crippen LogP contribution in [0.1, 0.15) is 51.4 Å². The number of hydrogen-bond acceptors (Lipinski definition) is 5. The van der Waals surface area contributed by atoms with Gasteiger partial charge in [-0.25, -0.2) is 4.73 Å². The van der Waals surface area contributed by atoms with Crippen molar-refractivity contribution < 1.29 is 9.47 Å². The lowest BCUT2D eigenvalue weighted by Crippen LogP contribution is -2.35. The molecule has 6 heteroatoms. The maximum Gasteiger partial charge on any atom is 0.347 e. The van der Waals surface area contributed by atoms with E-state index in [4.69, 9.17) is 16.2 Å². The number of hydrogen-bond donors (Lipinski definition) is 2. The van der Waals surface area contributed by atoms with Gasteiger partial charge in [-0.2, -0.15) is 0 Å². The second-order valence-corrected chi connectivity index (χ2v) is 5.07. The van der Waals surface area contributed by atoms with Gasteiger partial charge in [-0.15, -0.1) is 6.58 Å². The minimum absolute atomic E-state index is 0.00276. The molecule has 0 aliphatic rings. The first-order chi connectivity index (χ1) is 10.1. The van der Waals surface area contributed by atoms with Crippen LogP contribution >= 0.6 is 0 Å². The Balaban J connectivity index is 2.05. The lowest BCUT2D eigenvalue weighted by Gasteiger charge is -2.10. The largest absolute Gasteiger partial charge is 0.754 e. The van der Waals surface area contributed by atoms with E-state index in [-0.39, 0.29) is 11.8 Å². The quantitative estimate of drug-likeness (QED) is 0.283. The number of allylic oxidation sites excluding steroid dienone is 1. The van der Waals surface area contributed by atoms with Crippen molar-refractivity contribution in [2.75, 3.05) is 18.1 Å². The van der Waals surface area contributed by atoms with Gasteiger partial charge in [-0.3, -0.25) is 0 Å². The number of ether oxygens (including phenoxy) is 1. The summed E-state index contributed by atoms with van der Waals surface area (Å²) in [4.78, 5) is 3.83. The van der Waals surface area contributed by atoms with E-state index < -0.39 is 0 Å². The van der Waals surface area contributed by atoms with E-state index in [2.05, 4.69) is 11.6 Å². The highest BCUT2D eigenvalue weighted by Gasteiger charge is 2.08. The topological polar surface area (TPSA) is 101 Å². The van der Waals surface area contributed by atoms with Crippen LogP contribution in [0.4, 0.5) is 11.8 Å². The molecular formula is C15H26N4O2. The average molecular weight is 294 g/mol. The Bertz CT molecular complexity index is 415. The summed E-state index contributed by atoms with van der Waals surface area (Å²) >= 11 is 0. The molecule has 0 bridgehead atoms. The zero-order chi connectivity index (χ0) is 15.5. The molecule has 0 aromatic carbocycles. The predicted octanol–water partition coefficient (Wildman–Crippen LogP) is 2.56. The molecule has 1 aromatic rings. The number of anilines is 2. The predicted molar refractivity (Wildman–Crippen MR) is 84.6 cm³/mol. The fraction of sp³-hybridized carbons (Fsp3) is 0.600. The third kappa shape index (κ3) is 6.83. The van der Waals surface area contributed by atoms with E-state index in [1.807, 2.05) is 6.08 Å². The van der Waals surface area contributed by atoms with Gasteiger partial charge in [-0.1, -0.05) is 43.2 Å². The zero-order valence-corrected chi connectivity index (χ0v) is 12.6. The number of rotatable bonds is 11. The Morgan fingerprint density at radius 1 is 1.14 bits per heavy atom. The van der Waals surface area contributed by atoms with Gasteiger partial charge in [0.25, 0.3) is 5.88 Å². The molecule has 0 atom stereocenters. The first-order valence-corrected chi connectivity index (χ1v) is 7.54. The van der Waals surface area contributed by atoms with Crippen LogP contribution in [0.25, 0.3) is 0 Å². The number of aromatic nitrogens is 2. The monoisotopic (exact) mass is 294 g/mol. The molecule has 0 radical (unpaired) electrons. The lowest BCUT2D eigenvalue weighted by atomic mass is 10.1. The maximum atomic E-state index is 11.2. The third-order valence-corrected chi connectivity index (χ3v) is 3.24. The molecule has 0 amide bonds. The molecule has 0 aliphatic heterocycles. The number of nitrogens with zero attached hydrogens (tertiary/aromatic N) is 2. The minimum Gasteiger partial charge on any atom is -0.754 e. The fourth-order valence-corrected chi connectivity index (χ4v) is 2.03. The van der Waals surface area contributed by atoms with E-state index in [0.717, 1.165) is 19.3 Å². The van der Waals surface area contributed by atoms with E-state index in [1.165, 1.54) is 38.2 Å². The molecule has 0 spiro atoms. The molecule has 1 heterocycles. The summed E-state index contributed by atoms with van der Waals surface area (Å²) in [7, 11) is 0. The maximum absolute atomic E-state index is 11.2. The molecular weight excluding hydrogens is 268 g/mol. The second-order valence-electron chi connectivity index (χ2n) is 5.07. The van der Waals surface area contributed by atoms with Gasteiger partial charge in [-0.05, 0) is 19.3 Å². The Morgan fingerprint density at radius 2 is 1.76 bits per heavy atom. The molecule has 4 N–H and O–H groups in total. The van der Waals surface area contributed by atoms with Gasteiger partial charge in [0.15, 0.2) is 5.82 Å². The van der Waals surface area contributed by atoms with Gasteiger partial charge in [0.05, 0.1) is 12.7 Å². The Hall–Kier alpha value is -1.98. The first kappa shape index (κ1) is 17.1. The Morgan fingerprint density at radius 3 is 2.38 bits per heavy atom. The van der Waals surface area contributed by atoms with E-state index in [1.54, 1.807) is 0 Å². The molecule has 0 fully saturated rings. The summed E-state index contributed by atoms with van der Waals surface area (Å²) < 4.78 is 5.82. The number of nitrogen functional groups attached to an aromatic ring is 2. The summed E-state index contributed by atoms with van der Waals surface area (Å²) in [5.74, 6) is 0.114. The Kier molecular flexibility index (Phi) is 8.01. The average Bonchev–Trinajstić information content (AvgIpc) is 2.46. The van der Waals surface area contributed by atoms with Crippen molar-refractivity contribution in [2.24, 2.45) is 0 Å². The van der Waals surface area contributed by atoms with Crippen molar-refractivity contribution in [3.8, 4) is 5.88 Å². The lowest BCUT2D eigenvalue weighted by molar-refractivity contribution is -0.577. The zero-order valence-electron chi connectivity index (χ0n) is 12.6. The summed E-state index contributed by atoms with van der Waals surface area (Å²) in [5, 5.41) is 11.2. The van der Waals surface area contributed by atoms with Gasteiger partial charge in [0.1, 0.15) is 0 Å². The summed E-state index contributed by atoms with van der Waals surface area (Å²) in [6.45, 7) is 4.28. The van der Waals surface area contributed by atoms with Crippen molar-refractivity contribution in [3.63, 3.8) is 0 Å². The first-order valence-electron chi connectivity index (χ1n) is 7.54. The van der Waals surface area contributed by atoms with Crippen molar-refractivity contribution in [3.05, 3.63) is 23.9 Å². The number of unbranched alkanes of at least 4 members (excludes halogenated alkanes) is 7. The summed E-state index contributed by atoms with van der Waals surface area (Å²) in [6, 6.07) is 1.39. The summed E-state index contributed by atoms with van der Waals surface area (Å²) in [5.41, 5.74) is 10.9. The van der Waals surface area contributed by atoms with E-state index >= 15 is 0 Å². The molecule has 1 rings (SSSR count). The molecule has 21 heavy (non-hydrogen) atoms. The van der Waals surface area contributed by atoms with Crippen LogP contribution in [-0.4, -0.2) is 11.6 Å². The molecule has 6 nitrogen and oxygen atoms in total. The van der Waals surface area contributed by atoms with Crippen LogP contribution in [0.15, 0.2) is 18.7 Å². The third-order valence-electron chi connectivity index (χ3n) is 3.24. The van der Waals surface area contributed by atoms with E-state index in [0.29, 0.717) is 17.2 Å². The van der Waals surface area contributed by atoms with Gasteiger partial charge < -0.3 is 21.4 Å². The molecule has 1 aromatic heterocycles. The van der Waals surface area contributed by atoms with Crippen molar-refractivity contribution in [1.82, 2.24) is 4.98 Å². The molecule has 0 aliphatic carbocycles. The van der Waals surface area contributed by atoms with Crippen LogP contribution in [0, 0.1) is 5.21 Å². The van der Waals surface area contributed by atoms with E-state index in [9.17, 15) is 5.21 Å². The smallest absolute Gasteiger partial charge is 0.347 e. The number of nitrogens with two attached hydrogens (primary N) is 2. The molecule has 118 valence electrons.